The van der Waals surface area contributed by atoms with Crippen LogP contribution >= 0.6 is 24.8 Å². The Morgan fingerprint density at radius 1 is 0.966 bits per heavy atom. The Balaban J connectivity index is 0.00000392. The molecule has 0 unspecified atom stereocenters. The van der Waals surface area contributed by atoms with E-state index in [1.165, 1.54) is 0 Å². The number of piperazine rings is 1. The summed E-state index contributed by atoms with van der Waals surface area (Å²) in [7, 11) is 0. The minimum atomic E-state index is -4.30. The first-order valence-corrected chi connectivity index (χ1v) is 9.59. The van der Waals surface area contributed by atoms with Crippen molar-refractivity contribution in [2.45, 2.75) is 71.0 Å². The number of halogens is 5. The van der Waals surface area contributed by atoms with E-state index in [1.54, 1.807) is 6.07 Å². The lowest BCUT2D eigenvalue weighted by atomic mass is 9.77. The van der Waals surface area contributed by atoms with Crippen molar-refractivity contribution >= 4 is 24.8 Å². The molecule has 1 aliphatic heterocycles. The van der Waals surface area contributed by atoms with Crippen molar-refractivity contribution in [1.82, 2.24) is 10.2 Å². The zero-order valence-electron chi connectivity index (χ0n) is 18.1. The van der Waals surface area contributed by atoms with Crippen LogP contribution in [-0.2, 0) is 10.8 Å². The molecule has 0 aliphatic carbocycles. The average molecular weight is 459 g/mol. The molecule has 1 fully saturated rings. The van der Waals surface area contributed by atoms with E-state index in [0.29, 0.717) is 37.3 Å². The molecular weight excluding hydrogens is 424 g/mol. The standard InChI is InChI=1S/C21H33F3N2O.2ClH/c1-19(2,3)14-11-15(18(27)16(12-14)20(4,5)6)17(13-21(22,23)24)26-9-7-25-8-10-26;;/h11-12,17,25,27H,7-10,13H2,1-6H3;2*1H/t17-;;/m0../s1. The SMILES string of the molecule is CC(C)(C)c1cc([C@H](CC(F)(F)F)N2CCNCC2)c(O)c(C(C)(C)C)c1.Cl.Cl. The second-order valence-corrected chi connectivity index (χ2v) is 9.58. The van der Waals surface area contributed by atoms with Gasteiger partial charge in [0.15, 0.2) is 0 Å². The third kappa shape index (κ3) is 7.50. The molecule has 2 N–H and O–H groups in total. The van der Waals surface area contributed by atoms with Crippen LogP contribution in [0.4, 0.5) is 13.2 Å². The summed E-state index contributed by atoms with van der Waals surface area (Å²) in [5.74, 6) is 0.00304. The second-order valence-electron chi connectivity index (χ2n) is 9.58. The van der Waals surface area contributed by atoms with Crippen molar-refractivity contribution in [2.75, 3.05) is 26.2 Å². The number of nitrogens with zero attached hydrogens (tertiary/aromatic N) is 1. The van der Waals surface area contributed by atoms with Crippen LogP contribution in [0.3, 0.4) is 0 Å². The van der Waals surface area contributed by atoms with Gasteiger partial charge in [-0.25, -0.2) is 0 Å². The van der Waals surface area contributed by atoms with Crippen molar-refractivity contribution in [3.63, 3.8) is 0 Å². The number of aromatic hydroxyl groups is 1. The Hall–Kier alpha value is -0.690. The first-order valence-electron chi connectivity index (χ1n) is 9.59. The molecule has 0 saturated carbocycles. The van der Waals surface area contributed by atoms with E-state index in [4.69, 9.17) is 0 Å². The summed E-state index contributed by atoms with van der Waals surface area (Å²) in [5.41, 5.74) is 1.45. The summed E-state index contributed by atoms with van der Waals surface area (Å²) >= 11 is 0. The van der Waals surface area contributed by atoms with Gasteiger partial charge in [0.1, 0.15) is 5.75 Å². The van der Waals surface area contributed by atoms with E-state index in [0.717, 1.165) is 5.56 Å². The number of phenolic OH excluding ortho intramolecular Hbond substituents is 1. The quantitative estimate of drug-likeness (QED) is 0.606. The topological polar surface area (TPSA) is 35.5 Å². The van der Waals surface area contributed by atoms with Crippen molar-refractivity contribution < 1.29 is 18.3 Å². The third-order valence-corrected chi connectivity index (χ3v) is 5.19. The fourth-order valence-electron chi connectivity index (χ4n) is 3.56. The Kier molecular flexibility index (Phi) is 9.84. The number of rotatable bonds is 3. The van der Waals surface area contributed by atoms with Crippen LogP contribution in [0.1, 0.15) is 70.7 Å². The van der Waals surface area contributed by atoms with E-state index in [1.807, 2.05) is 52.5 Å². The molecule has 1 saturated heterocycles. The van der Waals surface area contributed by atoms with E-state index in [-0.39, 0.29) is 41.4 Å². The first-order chi connectivity index (χ1) is 12.2. The first kappa shape index (κ1) is 28.3. The zero-order valence-corrected chi connectivity index (χ0v) is 19.7. The minimum absolute atomic E-state index is 0. The zero-order chi connectivity index (χ0) is 20.6. The fourth-order valence-corrected chi connectivity index (χ4v) is 3.56. The maximum atomic E-state index is 13.4. The Labute approximate surface area is 185 Å². The second kappa shape index (κ2) is 10.1. The molecular formula is C21H35Cl2F3N2O. The number of benzene rings is 1. The highest BCUT2D eigenvalue weighted by atomic mass is 35.5. The molecule has 1 aromatic carbocycles. The van der Waals surface area contributed by atoms with Gasteiger partial charge in [-0.15, -0.1) is 24.8 Å². The fraction of sp³-hybridized carbons (Fsp3) is 0.714. The summed E-state index contributed by atoms with van der Waals surface area (Å²) in [5, 5.41) is 14.2. The van der Waals surface area contributed by atoms with Crippen LogP contribution in [0.15, 0.2) is 12.1 Å². The predicted molar refractivity (Wildman–Crippen MR) is 118 cm³/mol. The van der Waals surface area contributed by atoms with Gasteiger partial charge in [0, 0.05) is 37.8 Å². The lowest BCUT2D eigenvalue weighted by Crippen LogP contribution is -2.46. The highest BCUT2D eigenvalue weighted by molar-refractivity contribution is 5.85. The molecule has 0 aromatic heterocycles. The molecule has 1 atom stereocenters. The van der Waals surface area contributed by atoms with Crippen molar-refractivity contribution in [3.05, 3.63) is 28.8 Å². The van der Waals surface area contributed by atoms with E-state index in [2.05, 4.69) is 5.32 Å². The molecule has 29 heavy (non-hydrogen) atoms. The van der Waals surface area contributed by atoms with Crippen LogP contribution in [0, 0.1) is 0 Å². The predicted octanol–water partition coefficient (Wildman–Crippen LogP) is 5.73. The van der Waals surface area contributed by atoms with Gasteiger partial charge in [-0.2, -0.15) is 13.2 Å². The van der Waals surface area contributed by atoms with Gasteiger partial charge >= 0.3 is 6.18 Å². The largest absolute Gasteiger partial charge is 0.507 e. The van der Waals surface area contributed by atoms with Gasteiger partial charge in [-0.05, 0) is 28.0 Å². The average Bonchev–Trinajstić information content (AvgIpc) is 2.51. The van der Waals surface area contributed by atoms with Crippen LogP contribution in [0.2, 0.25) is 0 Å². The molecule has 2 rings (SSSR count). The van der Waals surface area contributed by atoms with Crippen LogP contribution in [0.25, 0.3) is 0 Å². The van der Waals surface area contributed by atoms with Gasteiger partial charge in [0.2, 0.25) is 0 Å². The summed E-state index contributed by atoms with van der Waals surface area (Å²) in [6, 6.07) is 2.85. The molecule has 0 amide bonds. The molecule has 1 heterocycles. The maximum Gasteiger partial charge on any atom is 0.390 e. The van der Waals surface area contributed by atoms with Gasteiger partial charge < -0.3 is 10.4 Å². The maximum absolute atomic E-state index is 13.4. The summed E-state index contributed by atoms with van der Waals surface area (Å²) in [6.07, 6.45) is -5.26. The lowest BCUT2D eigenvalue weighted by molar-refractivity contribution is -0.148. The monoisotopic (exact) mass is 458 g/mol. The number of hydrogen-bond acceptors (Lipinski definition) is 3. The van der Waals surface area contributed by atoms with Gasteiger partial charge in [0.25, 0.3) is 0 Å². The van der Waals surface area contributed by atoms with Gasteiger partial charge in [-0.3, -0.25) is 4.90 Å². The smallest absolute Gasteiger partial charge is 0.390 e. The lowest BCUT2D eigenvalue weighted by Gasteiger charge is -2.37. The van der Waals surface area contributed by atoms with E-state index >= 15 is 0 Å². The van der Waals surface area contributed by atoms with Gasteiger partial charge in [0.05, 0.1) is 6.42 Å². The van der Waals surface area contributed by atoms with Crippen LogP contribution in [-0.4, -0.2) is 42.4 Å². The van der Waals surface area contributed by atoms with Crippen molar-refractivity contribution in [1.29, 1.82) is 0 Å². The molecule has 0 radical (unpaired) electrons. The molecule has 3 nitrogen and oxygen atoms in total. The number of alkyl halides is 3. The molecule has 1 aromatic rings. The summed E-state index contributed by atoms with van der Waals surface area (Å²) in [4.78, 5) is 1.85. The van der Waals surface area contributed by atoms with Crippen LogP contribution < -0.4 is 5.32 Å². The normalized spacial score (nSPS) is 17.3. The molecule has 1 aliphatic rings. The third-order valence-electron chi connectivity index (χ3n) is 5.19. The van der Waals surface area contributed by atoms with Gasteiger partial charge in [-0.1, -0.05) is 47.6 Å². The van der Waals surface area contributed by atoms with Crippen molar-refractivity contribution in [2.24, 2.45) is 0 Å². The van der Waals surface area contributed by atoms with Crippen LogP contribution in [0.5, 0.6) is 5.75 Å². The van der Waals surface area contributed by atoms with E-state index in [9.17, 15) is 18.3 Å². The number of hydrogen-bond donors (Lipinski definition) is 2. The number of phenols is 1. The molecule has 0 spiro atoms. The van der Waals surface area contributed by atoms with Crippen molar-refractivity contribution in [3.8, 4) is 5.75 Å². The summed E-state index contributed by atoms with van der Waals surface area (Å²) in [6.45, 7) is 14.4. The molecule has 0 bridgehead atoms. The minimum Gasteiger partial charge on any atom is -0.507 e. The highest BCUT2D eigenvalue weighted by Gasteiger charge is 2.38. The molecule has 170 valence electrons. The highest BCUT2D eigenvalue weighted by Crippen LogP contribution is 2.44. The Morgan fingerprint density at radius 2 is 1.48 bits per heavy atom. The summed E-state index contributed by atoms with van der Waals surface area (Å²) < 4.78 is 40.3. The van der Waals surface area contributed by atoms with E-state index < -0.39 is 18.6 Å². The Morgan fingerprint density at radius 3 is 1.90 bits per heavy atom. The Bertz CT molecular complexity index is 662. The number of nitrogens with one attached hydrogen (secondary N) is 1. The molecule has 8 heteroatoms.